The van der Waals surface area contributed by atoms with Gasteiger partial charge >= 0.3 is 0 Å². The average Bonchev–Trinajstić information content (AvgIpc) is 3.58. The van der Waals surface area contributed by atoms with Crippen LogP contribution in [0.2, 0.25) is 0 Å². The normalized spacial score (nSPS) is 15.9. The molecular formula is C26H24N4O2. The Morgan fingerprint density at radius 2 is 1.72 bits per heavy atom. The van der Waals surface area contributed by atoms with Crippen LogP contribution in [0, 0.1) is 5.92 Å². The Hall–Kier alpha value is -3.93. The van der Waals surface area contributed by atoms with E-state index in [0.29, 0.717) is 6.42 Å². The zero-order valence-electron chi connectivity index (χ0n) is 18.1. The second-order valence-electron chi connectivity index (χ2n) is 8.16. The minimum atomic E-state index is -0.265. The van der Waals surface area contributed by atoms with Crippen LogP contribution < -0.4 is 0 Å². The molecule has 0 spiro atoms. The molecular weight excluding hydrogens is 400 g/mol. The van der Waals surface area contributed by atoms with E-state index < -0.39 is 0 Å². The number of furan rings is 1. The lowest BCUT2D eigenvalue weighted by atomic mass is 9.99. The fourth-order valence-corrected chi connectivity index (χ4v) is 3.95. The standard InChI is InChI=1S/C26H24N4O2/c1-18(2)26(31)30-23(24-14-9-15-32-24)16-22(27-30)21-17-29(20-12-7-4-8-13-20)28-25(21)19-10-5-3-6-11-19/h3-15,17-18,23H,16H2,1-2H3/t23-/m1/s1. The quantitative estimate of drug-likeness (QED) is 0.427. The lowest BCUT2D eigenvalue weighted by Crippen LogP contribution is -2.30. The monoisotopic (exact) mass is 424 g/mol. The number of carbonyl (C=O) groups is 1. The van der Waals surface area contributed by atoms with E-state index in [1.165, 1.54) is 0 Å². The minimum absolute atomic E-state index is 0.0295. The molecule has 4 aromatic rings. The van der Waals surface area contributed by atoms with Crippen LogP contribution >= 0.6 is 0 Å². The summed E-state index contributed by atoms with van der Waals surface area (Å²) in [4.78, 5) is 13.0. The van der Waals surface area contributed by atoms with E-state index in [-0.39, 0.29) is 17.9 Å². The molecule has 0 saturated heterocycles. The average molecular weight is 425 g/mol. The van der Waals surface area contributed by atoms with E-state index in [1.807, 2.05) is 97.5 Å². The van der Waals surface area contributed by atoms with Crippen LogP contribution in [0.4, 0.5) is 0 Å². The third-order valence-corrected chi connectivity index (χ3v) is 5.59. The molecule has 2 aromatic carbocycles. The van der Waals surface area contributed by atoms with Crippen molar-refractivity contribution in [2.24, 2.45) is 11.0 Å². The van der Waals surface area contributed by atoms with Crippen molar-refractivity contribution in [3.8, 4) is 16.9 Å². The Labute approximate surface area is 186 Å². The van der Waals surface area contributed by atoms with Gasteiger partial charge in [-0.1, -0.05) is 62.4 Å². The number of hydrazone groups is 1. The van der Waals surface area contributed by atoms with Gasteiger partial charge in [-0.3, -0.25) is 4.79 Å². The number of aromatic nitrogens is 2. The maximum absolute atomic E-state index is 13.0. The van der Waals surface area contributed by atoms with Crippen molar-refractivity contribution in [1.29, 1.82) is 0 Å². The summed E-state index contributed by atoms with van der Waals surface area (Å²) in [7, 11) is 0. The number of amides is 1. The fourth-order valence-electron chi connectivity index (χ4n) is 3.95. The Bertz CT molecular complexity index is 1240. The van der Waals surface area contributed by atoms with Gasteiger partial charge in [0.2, 0.25) is 5.91 Å². The number of rotatable bonds is 5. The smallest absolute Gasteiger partial charge is 0.245 e. The first-order chi connectivity index (χ1) is 15.6. The molecule has 0 radical (unpaired) electrons. The van der Waals surface area contributed by atoms with Crippen LogP contribution in [0.15, 0.2) is 94.8 Å². The Morgan fingerprint density at radius 1 is 1.00 bits per heavy atom. The molecule has 6 heteroatoms. The van der Waals surface area contributed by atoms with Crippen LogP contribution in [0.1, 0.15) is 37.6 Å². The predicted octanol–water partition coefficient (Wildman–Crippen LogP) is 5.47. The van der Waals surface area contributed by atoms with Gasteiger partial charge in [-0.2, -0.15) is 10.2 Å². The number of hydrogen-bond acceptors (Lipinski definition) is 4. The maximum Gasteiger partial charge on any atom is 0.245 e. The Balaban J connectivity index is 1.62. The highest BCUT2D eigenvalue weighted by atomic mass is 16.3. The molecule has 1 aliphatic rings. The number of benzene rings is 2. The van der Waals surface area contributed by atoms with Crippen molar-refractivity contribution in [2.75, 3.05) is 0 Å². The summed E-state index contributed by atoms with van der Waals surface area (Å²) in [5.74, 6) is 0.531. The first kappa shape index (κ1) is 20.0. The number of hydrogen-bond donors (Lipinski definition) is 0. The Morgan fingerprint density at radius 3 is 2.38 bits per heavy atom. The van der Waals surface area contributed by atoms with Crippen molar-refractivity contribution in [2.45, 2.75) is 26.3 Å². The maximum atomic E-state index is 13.0. The molecule has 6 nitrogen and oxygen atoms in total. The van der Waals surface area contributed by atoms with E-state index in [0.717, 1.165) is 34.0 Å². The topological polar surface area (TPSA) is 63.6 Å². The van der Waals surface area contributed by atoms with E-state index in [1.54, 1.807) is 11.3 Å². The van der Waals surface area contributed by atoms with Gasteiger partial charge in [0.05, 0.1) is 17.7 Å². The largest absolute Gasteiger partial charge is 0.467 e. The molecule has 5 rings (SSSR count). The molecule has 1 atom stereocenters. The molecule has 0 aliphatic carbocycles. The second kappa shape index (κ2) is 8.30. The second-order valence-corrected chi connectivity index (χ2v) is 8.16. The van der Waals surface area contributed by atoms with Crippen molar-refractivity contribution in [3.05, 3.63) is 96.6 Å². The SMILES string of the molecule is CC(C)C(=O)N1N=C(c2cn(-c3ccccc3)nc2-c2ccccc2)C[C@@H]1c1ccco1. The highest BCUT2D eigenvalue weighted by Gasteiger charge is 2.37. The van der Waals surface area contributed by atoms with Crippen LogP contribution in [-0.2, 0) is 4.79 Å². The summed E-state index contributed by atoms with van der Waals surface area (Å²) < 4.78 is 7.53. The molecule has 1 aliphatic heterocycles. The van der Waals surface area contributed by atoms with Crippen LogP contribution in [-0.4, -0.2) is 26.4 Å². The van der Waals surface area contributed by atoms with Gasteiger partial charge in [-0.05, 0) is 24.3 Å². The molecule has 0 saturated carbocycles. The number of carbonyl (C=O) groups excluding carboxylic acids is 1. The van der Waals surface area contributed by atoms with Crippen molar-refractivity contribution in [3.63, 3.8) is 0 Å². The number of para-hydroxylation sites is 1. The molecule has 0 bridgehead atoms. The summed E-state index contributed by atoms with van der Waals surface area (Å²) in [5.41, 5.74) is 4.54. The molecule has 3 heterocycles. The summed E-state index contributed by atoms with van der Waals surface area (Å²) >= 11 is 0. The first-order valence-corrected chi connectivity index (χ1v) is 10.8. The van der Waals surface area contributed by atoms with Crippen molar-refractivity contribution >= 4 is 11.6 Å². The van der Waals surface area contributed by atoms with Crippen molar-refractivity contribution in [1.82, 2.24) is 14.8 Å². The summed E-state index contributed by atoms with van der Waals surface area (Å²) in [6.07, 6.45) is 4.19. The number of nitrogens with zero attached hydrogens (tertiary/aromatic N) is 4. The van der Waals surface area contributed by atoms with Gasteiger partial charge in [0.1, 0.15) is 17.5 Å². The predicted molar refractivity (Wildman–Crippen MR) is 123 cm³/mol. The fraction of sp³-hybridized carbons (Fsp3) is 0.192. The van der Waals surface area contributed by atoms with Gasteiger partial charge in [-0.15, -0.1) is 0 Å². The van der Waals surface area contributed by atoms with Crippen LogP contribution in [0.5, 0.6) is 0 Å². The molecule has 0 unspecified atom stereocenters. The van der Waals surface area contributed by atoms with Gasteiger partial charge in [-0.25, -0.2) is 9.69 Å². The van der Waals surface area contributed by atoms with E-state index in [4.69, 9.17) is 14.6 Å². The lowest BCUT2D eigenvalue weighted by molar-refractivity contribution is -0.136. The van der Waals surface area contributed by atoms with Gasteiger partial charge in [0, 0.05) is 29.7 Å². The lowest BCUT2D eigenvalue weighted by Gasteiger charge is -2.21. The zero-order chi connectivity index (χ0) is 22.1. The van der Waals surface area contributed by atoms with Crippen LogP contribution in [0.3, 0.4) is 0 Å². The van der Waals surface area contributed by atoms with Gasteiger partial charge in [0.15, 0.2) is 0 Å². The molecule has 0 N–H and O–H groups in total. The van der Waals surface area contributed by atoms with Gasteiger partial charge in [0.25, 0.3) is 0 Å². The summed E-state index contributed by atoms with van der Waals surface area (Å²) in [5, 5.41) is 11.3. The zero-order valence-corrected chi connectivity index (χ0v) is 18.1. The van der Waals surface area contributed by atoms with E-state index in [9.17, 15) is 4.79 Å². The molecule has 32 heavy (non-hydrogen) atoms. The van der Waals surface area contributed by atoms with Gasteiger partial charge < -0.3 is 4.42 Å². The third kappa shape index (κ3) is 3.64. The molecule has 2 aromatic heterocycles. The minimum Gasteiger partial charge on any atom is -0.467 e. The first-order valence-electron chi connectivity index (χ1n) is 10.8. The molecule has 1 amide bonds. The van der Waals surface area contributed by atoms with Crippen LogP contribution in [0.25, 0.3) is 16.9 Å². The third-order valence-electron chi connectivity index (χ3n) is 5.59. The summed E-state index contributed by atoms with van der Waals surface area (Å²) in [6, 6.07) is 23.5. The summed E-state index contributed by atoms with van der Waals surface area (Å²) in [6.45, 7) is 3.77. The Kier molecular flexibility index (Phi) is 5.19. The molecule has 160 valence electrons. The van der Waals surface area contributed by atoms with E-state index >= 15 is 0 Å². The van der Waals surface area contributed by atoms with E-state index in [2.05, 4.69) is 0 Å². The molecule has 0 fully saturated rings. The highest BCUT2D eigenvalue weighted by molar-refractivity contribution is 6.07. The van der Waals surface area contributed by atoms with Crippen molar-refractivity contribution < 1.29 is 9.21 Å². The highest BCUT2D eigenvalue weighted by Crippen LogP contribution is 2.36.